The summed E-state index contributed by atoms with van der Waals surface area (Å²) in [6, 6.07) is 4.00. The minimum atomic E-state index is 0.756. The third kappa shape index (κ3) is 3.50. The highest BCUT2D eigenvalue weighted by molar-refractivity contribution is 7.15. The van der Waals surface area contributed by atoms with Gasteiger partial charge >= 0.3 is 0 Å². The summed E-state index contributed by atoms with van der Waals surface area (Å²) < 4.78 is 0. The fourth-order valence-electron chi connectivity index (χ4n) is 2.55. The Hall–Kier alpha value is -1.49. The average molecular weight is 274 g/mol. The first-order valence-corrected chi connectivity index (χ1v) is 7.67. The van der Waals surface area contributed by atoms with Gasteiger partial charge in [-0.05, 0) is 17.5 Å². The van der Waals surface area contributed by atoms with Crippen molar-refractivity contribution in [3.63, 3.8) is 0 Å². The zero-order valence-electron chi connectivity index (χ0n) is 10.9. The summed E-state index contributed by atoms with van der Waals surface area (Å²) in [5.74, 6) is 0.833. The second kappa shape index (κ2) is 6.10. The monoisotopic (exact) mass is 274 g/mol. The van der Waals surface area contributed by atoms with Gasteiger partial charge in [0.25, 0.3) is 0 Å². The summed E-state index contributed by atoms with van der Waals surface area (Å²) >= 11 is 1.69. The fourth-order valence-corrected chi connectivity index (χ4v) is 3.40. The molecule has 0 unspecified atom stereocenters. The van der Waals surface area contributed by atoms with Crippen molar-refractivity contribution in [3.05, 3.63) is 35.1 Å². The predicted octanol–water partition coefficient (Wildman–Crippen LogP) is 3.28. The molecule has 4 nitrogen and oxygen atoms in total. The van der Waals surface area contributed by atoms with Gasteiger partial charge in [0, 0.05) is 25.4 Å². The minimum absolute atomic E-state index is 0.756. The number of hydrogen-bond donors (Lipinski definition) is 1. The first-order chi connectivity index (χ1) is 9.40. The highest BCUT2D eigenvalue weighted by atomic mass is 32.1. The van der Waals surface area contributed by atoms with Crippen LogP contribution in [0.1, 0.15) is 36.3 Å². The Morgan fingerprint density at radius 3 is 2.95 bits per heavy atom. The molecule has 5 heteroatoms. The van der Waals surface area contributed by atoms with Crippen molar-refractivity contribution in [2.75, 3.05) is 5.32 Å². The van der Waals surface area contributed by atoms with Gasteiger partial charge < -0.3 is 5.32 Å². The van der Waals surface area contributed by atoms with E-state index < -0.39 is 0 Å². The molecule has 3 rings (SSSR count). The van der Waals surface area contributed by atoms with Gasteiger partial charge in [-0.25, -0.2) is 0 Å². The van der Waals surface area contributed by atoms with Gasteiger partial charge in [0.15, 0.2) is 0 Å². The third-order valence-corrected chi connectivity index (χ3v) is 4.47. The standard InChI is InChI=1S/C14H18N4S/c1-2-5-11(4-1)8-13-17-18-14(19-13)16-10-12-6-3-7-15-9-12/h3,6-7,9,11H,1-2,4-5,8,10H2,(H,16,18). The normalized spacial score (nSPS) is 15.8. The smallest absolute Gasteiger partial charge is 0.205 e. The average Bonchev–Trinajstić information content (AvgIpc) is 3.10. The molecule has 2 aromatic heterocycles. The molecule has 0 atom stereocenters. The van der Waals surface area contributed by atoms with E-state index in [9.17, 15) is 0 Å². The van der Waals surface area contributed by atoms with Crippen LogP contribution in [0, 0.1) is 5.92 Å². The molecule has 0 amide bonds. The van der Waals surface area contributed by atoms with Gasteiger partial charge in [-0.1, -0.05) is 43.1 Å². The molecule has 1 aliphatic rings. The van der Waals surface area contributed by atoms with Crippen LogP contribution in [0.2, 0.25) is 0 Å². The SMILES string of the molecule is c1cncc(CNc2nnc(CC3CCCC3)s2)c1. The van der Waals surface area contributed by atoms with E-state index in [4.69, 9.17) is 0 Å². The van der Waals surface area contributed by atoms with Crippen molar-refractivity contribution in [3.8, 4) is 0 Å². The third-order valence-electron chi connectivity index (χ3n) is 3.57. The number of anilines is 1. The maximum absolute atomic E-state index is 4.28. The Morgan fingerprint density at radius 2 is 2.16 bits per heavy atom. The summed E-state index contributed by atoms with van der Waals surface area (Å²) in [5.41, 5.74) is 1.16. The first-order valence-electron chi connectivity index (χ1n) is 6.85. The summed E-state index contributed by atoms with van der Waals surface area (Å²) in [7, 11) is 0. The van der Waals surface area contributed by atoms with E-state index in [1.807, 2.05) is 12.3 Å². The van der Waals surface area contributed by atoms with Gasteiger partial charge in [0.1, 0.15) is 5.01 Å². The van der Waals surface area contributed by atoms with Crippen molar-refractivity contribution in [1.82, 2.24) is 15.2 Å². The number of hydrogen-bond acceptors (Lipinski definition) is 5. The Balaban J connectivity index is 1.53. The summed E-state index contributed by atoms with van der Waals surface area (Å²) in [6.07, 6.45) is 10.2. The van der Waals surface area contributed by atoms with Crippen LogP contribution < -0.4 is 5.32 Å². The van der Waals surface area contributed by atoms with E-state index in [0.717, 1.165) is 29.6 Å². The van der Waals surface area contributed by atoms with Gasteiger partial charge in [-0.3, -0.25) is 4.98 Å². The summed E-state index contributed by atoms with van der Waals surface area (Å²) in [5, 5.41) is 13.9. The zero-order valence-corrected chi connectivity index (χ0v) is 11.7. The maximum Gasteiger partial charge on any atom is 0.205 e. The summed E-state index contributed by atoms with van der Waals surface area (Å²) in [4.78, 5) is 4.10. The van der Waals surface area contributed by atoms with Crippen LogP contribution in [0.15, 0.2) is 24.5 Å². The van der Waals surface area contributed by atoms with E-state index in [0.29, 0.717) is 0 Å². The van der Waals surface area contributed by atoms with Crippen LogP contribution in [0.4, 0.5) is 5.13 Å². The van der Waals surface area contributed by atoms with Gasteiger partial charge in [-0.15, -0.1) is 10.2 Å². The van der Waals surface area contributed by atoms with Crippen LogP contribution in [0.25, 0.3) is 0 Å². The van der Waals surface area contributed by atoms with Gasteiger partial charge in [0.2, 0.25) is 5.13 Å². The number of nitrogens with zero attached hydrogens (tertiary/aromatic N) is 3. The lowest BCUT2D eigenvalue weighted by atomic mass is 10.1. The first kappa shape index (κ1) is 12.5. The lowest BCUT2D eigenvalue weighted by Gasteiger charge is -2.03. The fraction of sp³-hybridized carbons (Fsp3) is 0.500. The molecule has 0 saturated heterocycles. The molecule has 1 saturated carbocycles. The van der Waals surface area contributed by atoms with Crippen LogP contribution in [-0.4, -0.2) is 15.2 Å². The Bertz CT molecular complexity index is 505. The van der Waals surface area contributed by atoms with Crippen LogP contribution in [-0.2, 0) is 13.0 Å². The van der Waals surface area contributed by atoms with E-state index in [1.54, 1.807) is 17.5 Å². The molecular weight excluding hydrogens is 256 g/mol. The lowest BCUT2D eigenvalue weighted by molar-refractivity contribution is 0.542. The molecule has 0 bridgehead atoms. The lowest BCUT2D eigenvalue weighted by Crippen LogP contribution is -1.98. The van der Waals surface area contributed by atoms with Gasteiger partial charge in [0.05, 0.1) is 0 Å². The maximum atomic E-state index is 4.28. The molecule has 2 aromatic rings. The van der Waals surface area contributed by atoms with Crippen molar-refractivity contribution < 1.29 is 0 Å². The predicted molar refractivity (Wildman–Crippen MR) is 77.1 cm³/mol. The van der Waals surface area contributed by atoms with Crippen molar-refractivity contribution in [2.45, 2.75) is 38.6 Å². The quantitative estimate of drug-likeness (QED) is 0.909. The van der Waals surface area contributed by atoms with E-state index in [1.165, 1.54) is 30.7 Å². The molecule has 1 aliphatic carbocycles. The minimum Gasteiger partial charge on any atom is -0.356 e. The topological polar surface area (TPSA) is 50.7 Å². The molecule has 0 aromatic carbocycles. The van der Waals surface area contributed by atoms with Crippen LogP contribution in [0.3, 0.4) is 0 Å². The van der Waals surface area contributed by atoms with E-state index >= 15 is 0 Å². The molecule has 0 aliphatic heterocycles. The highest BCUT2D eigenvalue weighted by Gasteiger charge is 2.17. The molecule has 100 valence electrons. The number of aromatic nitrogens is 3. The highest BCUT2D eigenvalue weighted by Crippen LogP contribution is 2.29. The molecule has 0 spiro atoms. The molecule has 1 N–H and O–H groups in total. The van der Waals surface area contributed by atoms with Crippen molar-refractivity contribution in [1.29, 1.82) is 0 Å². The number of nitrogens with one attached hydrogen (secondary N) is 1. The Kier molecular flexibility index (Phi) is 4.03. The number of pyridine rings is 1. The Labute approximate surface area is 117 Å². The molecule has 1 fully saturated rings. The van der Waals surface area contributed by atoms with Crippen molar-refractivity contribution in [2.24, 2.45) is 5.92 Å². The molecule has 0 radical (unpaired) electrons. The van der Waals surface area contributed by atoms with Crippen molar-refractivity contribution >= 4 is 16.5 Å². The molecule has 19 heavy (non-hydrogen) atoms. The Morgan fingerprint density at radius 1 is 1.26 bits per heavy atom. The second-order valence-electron chi connectivity index (χ2n) is 5.07. The molecular formula is C14H18N4S. The van der Waals surface area contributed by atoms with Crippen LogP contribution >= 0.6 is 11.3 Å². The van der Waals surface area contributed by atoms with E-state index in [-0.39, 0.29) is 0 Å². The second-order valence-corrected chi connectivity index (χ2v) is 6.13. The summed E-state index contributed by atoms with van der Waals surface area (Å²) in [6.45, 7) is 0.756. The molecule has 2 heterocycles. The van der Waals surface area contributed by atoms with Crippen LogP contribution in [0.5, 0.6) is 0 Å². The largest absolute Gasteiger partial charge is 0.356 e. The van der Waals surface area contributed by atoms with E-state index in [2.05, 4.69) is 26.6 Å². The zero-order chi connectivity index (χ0) is 12.9. The van der Waals surface area contributed by atoms with Gasteiger partial charge in [-0.2, -0.15) is 0 Å². The number of rotatable bonds is 5.